The van der Waals surface area contributed by atoms with E-state index >= 15 is 0 Å². The predicted octanol–water partition coefficient (Wildman–Crippen LogP) is 1.73. The molecule has 1 atom stereocenters. The second-order valence-corrected chi connectivity index (χ2v) is 8.49. The fourth-order valence-electron chi connectivity index (χ4n) is 3.37. The van der Waals surface area contributed by atoms with Gasteiger partial charge in [0, 0.05) is 24.5 Å². The molecule has 0 saturated carbocycles. The van der Waals surface area contributed by atoms with Crippen molar-refractivity contribution in [2.45, 2.75) is 31.7 Å². The maximum Gasteiger partial charge on any atom is 0.349 e. The van der Waals surface area contributed by atoms with Gasteiger partial charge < -0.3 is 9.73 Å². The van der Waals surface area contributed by atoms with Gasteiger partial charge in [-0.3, -0.25) is 4.79 Å². The number of hydrogen-bond donors (Lipinski definition) is 1. The monoisotopic (exact) mass is 378 g/mol. The Bertz CT molecular complexity index is 967. The van der Waals surface area contributed by atoms with Gasteiger partial charge in [0.25, 0.3) is 5.91 Å². The Balaban J connectivity index is 1.65. The van der Waals surface area contributed by atoms with Crippen LogP contribution in [0.2, 0.25) is 0 Å². The van der Waals surface area contributed by atoms with Crippen molar-refractivity contribution >= 4 is 26.9 Å². The van der Waals surface area contributed by atoms with Gasteiger partial charge in [-0.15, -0.1) is 0 Å². The molecule has 1 aromatic carbocycles. The van der Waals surface area contributed by atoms with Crippen LogP contribution < -0.4 is 10.9 Å². The first kappa shape index (κ1) is 18.6. The van der Waals surface area contributed by atoms with Crippen LogP contribution in [-0.4, -0.2) is 44.0 Å². The number of hydrogen-bond acceptors (Lipinski definition) is 5. The number of piperidine rings is 1. The van der Waals surface area contributed by atoms with E-state index in [1.807, 2.05) is 0 Å². The minimum atomic E-state index is -3.25. The van der Waals surface area contributed by atoms with E-state index < -0.39 is 21.6 Å². The Hall–Kier alpha value is -2.19. The molecule has 1 unspecified atom stereocenters. The van der Waals surface area contributed by atoms with Crippen LogP contribution in [-0.2, 0) is 10.0 Å². The molecule has 140 valence electrons. The van der Waals surface area contributed by atoms with Gasteiger partial charge in [0.05, 0.1) is 6.26 Å². The first-order valence-corrected chi connectivity index (χ1v) is 10.5. The molecule has 1 amide bonds. The molecule has 1 aromatic heterocycles. The van der Waals surface area contributed by atoms with Crippen molar-refractivity contribution < 1.29 is 17.6 Å². The summed E-state index contributed by atoms with van der Waals surface area (Å²) in [4.78, 5) is 24.3. The Morgan fingerprint density at radius 3 is 2.85 bits per heavy atom. The van der Waals surface area contributed by atoms with Crippen LogP contribution in [0.5, 0.6) is 0 Å². The van der Waals surface area contributed by atoms with Gasteiger partial charge in [0.2, 0.25) is 10.0 Å². The van der Waals surface area contributed by atoms with Gasteiger partial charge in [0.15, 0.2) is 0 Å². The maximum atomic E-state index is 12.3. The van der Waals surface area contributed by atoms with Gasteiger partial charge in [-0.25, -0.2) is 13.2 Å². The third-order valence-corrected chi connectivity index (χ3v) is 5.98. The molecule has 1 saturated heterocycles. The topological polar surface area (TPSA) is 96.7 Å². The Kier molecular flexibility index (Phi) is 5.43. The summed E-state index contributed by atoms with van der Waals surface area (Å²) in [6, 6.07) is 8.38. The average molecular weight is 378 g/mol. The van der Waals surface area contributed by atoms with Gasteiger partial charge in [-0.2, -0.15) is 4.31 Å². The molecule has 7 nitrogen and oxygen atoms in total. The highest BCUT2D eigenvalue weighted by Crippen LogP contribution is 2.22. The fourth-order valence-corrected chi connectivity index (χ4v) is 4.58. The van der Waals surface area contributed by atoms with Crippen molar-refractivity contribution in [1.29, 1.82) is 0 Å². The maximum absolute atomic E-state index is 12.3. The first-order chi connectivity index (χ1) is 12.4. The van der Waals surface area contributed by atoms with E-state index in [0.29, 0.717) is 30.5 Å². The number of fused-ring (bicyclic) bond motifs is 1. The summed E-state index contributed by atoms with van der Waals surface area (Å²) in [6.45, 7) is 0.813. The average Bonchev–Trinajstić information content (AvgIpc) is 2.60. The van der Waals surface area contributed by atoms with E-state index in [4.69, 9.17) is 4.42 Å². The fraction of sp³-hybridized carbons (Fsp3) is 0.444. The number of carbonyl (C=O) groups excluding carboxylic acids is 1. The third-order valence-electron chi connectivity index (χ3n) is 4.65. The first-order valence-electron chi connectivity index (χ1n) is 8.64. The number of benzene rings is 1. The smallest absolute Gasteiger partial charge is 0.349 e. The Morgan fingerprint density at radius 1 is 1.31 bits per heavy atom. The van der Waals surface area contributed by atoms with Crippen LogP contribution >= 0.6 is 0 Å². The quantitative estimate of drug-likeness (QED) is 0.799. The number of amides is 1. The lowest BCUT2D eigenvalue weighted by molar-refractivity contribution is 0.0946. The van der Waals surface area contributed by atoms with E-state index in [9.17, 15) is 18.0 Å². The van der Waals surface area contributed by atoms with E-state index in [0.717, 1.165) is 19.3 Å². The molecule has 0 spiro atoms. The number of rotatable bonds is 5. The summed E-state index contributed by atoms with van der Waals surface area (Å²) in [6.07, 6.45) is 4.33. The third kappa shape index (κ3) is 4.13. The number of para-hydroxylation sites is 1. The van der Waals surface area contributed by atoms with Crippen molar-refractivity contribution in [3.63, 3.8) is 0 Å². The van der Waals surface area contributed by atoms with E-state index in [1.54, 1.807) is 24.3 Å². The molecule has 0 aliphatic carbocycles. The van der Waals surface area contributed by atoms with Gasteiger partial charge >= 0.3 is 5.63 Å². The predicted molar refractivity (Wildman–Crippen MR) is 98.6 cm³/mol. The van der Waals surface area contributed by atoms with Crippen molar-refractivity contribution in [3.8, 4) is 0 Å². The highest BCUT2D eigenvalue weighted by Gasteiger charge is 2.29. The van der Waals surface area contributed by atoms with E-state index in [1.165, 1.54) is 16.6 Å². The summed E-state index contributed by atoms with van der Waals surface area (Å²) in [5, 5.41) is 3.38. The number of nitrogens with zero attached hydrogens (tertiary/aromatic N) is 1. The zero-order chi connectivity index (χ0) is 18.7. The molecule has 2 aromatic rings. The highest BCUT2D eigenvalue weighted by molar-refractivity contribution is 7.88. The van der Waals surface area contributed by atoms with E-state index in [2.05, 4.69) is 5.32 Å². The summed E-state index contributed by atoms with van der Waals surface area (Å²) in [7, 11) is -3.25. The molecular formula is C18H22N2O5S. The summed E-state index contributed by atoms with van der Waals surface area (Å²) >= 11 is 0. The molecule has 8 heteroatoms. The lowest BCUT2D eigenvalue weighted by Crippen LogP contribution is -2.44. The zero-order valence-corrected chi connectivity index (χ0v) is 15.4. The van der Waals surface area contributed by atoms with Crippen molar-refractivity contribution in [1.82, 2.24) is 9.62 Å². The van der Waals surface area contributed by atoms with Crippen molar-refractivity contribution in [3.05, 3.63) is 46.3 Å². The van der Waals surface area contributed by atoms with Gasteiger partial charge in [-0.1, -0.05) is 24.6 Å². The van der Waals surface area contributed by atoms with Crippen molar-refractivity contribution in [2.24, 2.45) is 0 Å². The molecular weight excluding hydrogens is 356 g/mol. The standard InChI is InChI=1S/C18H22N2O5S/c1-26(23,24)20-11-5-4-7-14(20)9-10-19-17(21)15-12-13-6-2-3-8-16(13)25-18(15)22/h2-3,6,8,12,14H,4-5,7,9-11H2,1H3,(H,19,21). The second-order valence-electron chi connectivity index (χ2n) is 6.55. The lowest BCUT2D eigenvalue weighted by Gasteiger charge is -2.33. The van der Waals surface area contributed by atoms with E-state index in [-0.39, 0.29) is 11.6 Å². The molecule has 0 bridgehead atoms. The number of nitrogens with one attached hydrogen (secondary N) is 1. The number of sulfonamides is 1. The zero-order valence-electron chi connectivity index (χ0n) is 14.6. The normalized spacial score (nSPS) is 18.7. The molecule has 2 heterocycles. The minimum absolute atomic E-state index is 0.0488. The molecule has 3 rings (SSSR count). The highest BCUT2D eigenvalue weighted by atomic mass is 32.2. The Labute approximate surface area is 152 Å². The summed E-state index contributed by atoms with van der Waals surface area (Å²) < 4.78 is 30.4. The van der Waals surface area contributed by atoms with Gasteiger partial charge in [0.1, 0.15) is 11.1 Å². The second kappa shape index (κ2) is 7.59. The molecule has 1 aliphatic heterocycles. The van der Waals surface area contributed by atoms with Gasteiger partial charge in [-0.05, 0) is 31.4 Å². The molecule has 1 aliphatic rings. The summed E-state index contributed by atoms with van der Waals surface area (Å²) in [5.74, 6) is -0.508. The van der Waals surface area contributed by atoms with Crippen LogP contribution in [0.4, 0.5) is 0 Å². The van der Waals surface area contributed by atoms with Crippen LogP contribution in [0.15, 0.2) is 39.5 Å². The van der Waals surface area contributed by atoms with Crippen molar-refractivity contribution in [2.75, 3.05) is 19.3 Å². The molecule has 0 radical (unpaired) electrons. The number of carbonyl (C=O) groups is 1. The summed E-state index contributed by atoms with van der Waals surface area (Å²) in [5.41, 5.74) is -0.302. The molecule has 1 fully saturated rings. The minimum Gasteiger partial charge on any atom is -0.422 e. The Morgan fingerprint density at radius 2 is 2.08 bits per heavy atom. The molecule has 26 heavy (non-hydrogen) atoms. The van der Waals surface area contributed by atoms with Crippen LogP contribution in [0, 0.1) is 0 Å². The van der Waals surface area contributed by atoms with Crippen LogP contribution in [0.1, 0.15) is 36.0 Å². The lowest BCUT2D eigenvalue weighted by atomic mass is 10.0. The van der Waals surface area contributed by atoms with Crippen LogP contribution in [0.3, 0.4) is 0 Å². The van der Waals surface area contributed by atoms with Crippen LogP contribution in [0.25, 0.3) is 11.0 Å². The molecule has 1 N–H and O–H groups in total. The largest absolute Gasteiger partial charge is 0.422 e. The SMILES string of the molecule is CS(=O)(=O)N1CCCCC1CCNC(=O)c1cc2ccccc2oc1=O.